The minimum Gasteiger partial charge on any atom is -0.376 e. The van der Waals surface area contributed by atoms with Crippen LogP contribution in [0.1, 0.15) is 25.3 Å². The van der Waals surface area contributed by atoms with Gasteiger partial charge >= 0.3 is 0 Å². The zero-order chi connectivity index (χ0) is 13.5. The van der Waals surface area contributed by atoms with Crippen molar-refractivity contribution in [3.05, 3.63) is 18.0 Å². The SMILES string of the molecule is CCCc1cnc(N(C)CCC2CNCCO2)nc1. The van der Waals surface area contributed by atoms with Gasteiger partial charge < -0.3 is 15.0 Å². The highest BCUT2D eigenvalue weighted by Crippen LogP contribution is 2.09. The van der Waals surface area contributed by atoms with Crippen molar-refractivity contribution in [3.63, 3.8) is 0 Å². The van der Waals surface area contributed by atoms with E-state index in [9.17, 15) is 0 Å². The zero-order valence-corrected chi connectivity index (χ0v) is 11.9. The maximum absolute atomic E-state index is 5.69. The Morgan fingerprint density at radius 2 is 2.21 bits per heavy atom. The third-order valence-electron chi connectivity index (χ3n) is 3.36. The van der Waals surface area contributed by atoms with E-state index in [1.807, 2.05) is 19.4 Å². The molecule has 1 fully saturated rings. The standard InChI is InChI=1S/C14H24N4O/c1-3-4-12-9-16-14(17-10-12)18(2)7-5-13-11-15-6-8-19-13/h9-10,13,15H,3-8,11H2,1-2H3. The van der Waals surface area contributed by atoms with Crippen LogP contribution in [0.4, 0.5) is 5.95 Å². The van der Waals surface area contributed by atoms with Crippen LogP contribution in [0.3, 0.4) is 0 Å². The fourth-order valence-electron chi connectivity index (χ4n) is 2.21. The predicted molar refractivity (Wildman–Crippen MR) is 76.5 cm³/mol. The molecule has 0 bridgehead atoms. The van der Waals surface area contributed by atoms with Gasteiger partial charge in [0.2, 0.25) is 5.95 Å². The summed E-state index contributed by atoms with van der Waals surface area (Å²) in [4.78, 5) is 10.9. The van der Waals surface area contributed by atoms with Crippen LogP contribution in [-0.4, -0.2) is 49.4 Å². The molecular formula is C14H24N4O. The Hall–Kier alpha value is -1.20. The molecule has 1 N–H and O–H groups in total. The molecule has 0 aromatic carbocycles. The number of hydrogen-bond acceptors (Lipinski definition) is 5. The Labute approximate surface area is 115 Å². The summed E-state index contributed by atoms with van der Waals surface area (Å²) in [5.41, 5.74) is 1.21. The van der Waals surface area contributed by atoms with Crippen molar-refractivity contribution < 1.29 is 4.74 Å². The summed E-state index contributed by atoms with van der Waals surface area (Å²) in [7, 11) is 2.03. The average molecular weight is 264 g/mol. The van der Waals surface area contributed by atoms with E-state index in [-0.39, 0.29) is 0 Å². The highest BCUT2D eigenvalue weighted by Gasteiger charge is 2.14. The Bertz CT molecular complexity index is 362. The third kappa shape index (κ3) is 4.44. The van der Waals surface area contributed by atoms with Crippen LogP contribution >= 0.6 is 0 Å². The smallest absolute Gasteiger partial charge is 0.224 e. The van der Waals surface area contributed by atoms with Gasteiger partial charge in [0.1, 0.15) is 0 Å². The Balaban J connectivity index is 1.79. The lowest BCUT2D eigenvalue weighted by Gasteiger charge is -2.25. The summed E-state index contributed by atoms with van der Waals surface area (Å²) < 4.78 is 5.69. The minimum atomic E-state index is 0.315. The summed E-state index contributed by atoms with van der Waals surface area (Å²) in [6.07, 6.45) is 7.36. The maximum atomic E-state index is 5.69. The molecule has 1 aromatic heterocycles. The lowest BCUT2D eigenvalue weighted by Crippen LogP contribution is -2.40. The van der Waals surface area contributed by atoms with Crippen LogP contribution in [0.2, 0.25) is 0 Å². The van der Waals surface area contributed by atoms with Gasteiger partial charge in [-0.2, -0.15) is 0 Å². The van der Waals surface area contributed by atoms with Crippen molar-refractivity contribution in [1.29, 1.82) is 0 Å². The Morgan fingerprint density at radius 3 is 2.84 bits per heavy atom. The second-order valence-corrected chi connectivity index (χ2v) is 5.05. The number of anilines is 1. The highest BCUT2D eigenvalue weighted by molar-refractivity contribution is 5.28. The molecule has 0 spiro atoms. The molecule has 5 nitrogen and oxygen atoms in total. The number of nitrogens with zero attached hydrogens (tertiary/aromatic N) is 3. The molecule has 19 heavy (non-hydrogen) atoms. The number of hydrogen-bond donors (Lipinski definition) is 1. The first-order chi connectivity index (χ1) is 9.29. The van der Waals surface area contributed by atoms with E-state index >= 15 is 0 Å². The summed E-state index contributed by atoms with van der Waals surface area (Å²) in [5, 5.41) is 3.35. The van der Waals surface area contributed by atoms with E-state index < -0.39 is 0 Å². The molecule has 0 saturated carbocycles. The number of rotatable bonds is 6. The molecule has 1 aliphatic heterocycles. The highest BCUT2D eigenvalue weighted by atomic mass is 16.5. The van der Waals surface area contributed by atoms with Crippen molar-refractivity contribution in [2.75, 3.05) is 38.2 Å². The van der Waals surface area contributed by atoms with Gasteiger partial charge in [0.05, 0.1) is 12.7 Å². The van der Waals surface area contributed by atoms with Crippen molar-refractivity contribution in [3.8, 4) is 0 Å². The predicted octanol–water partition coefficient (Wildman–Crippen LogP) is 1.24. The van der Waals surface area contributed by atoms with Crippen LogP contribution in [0.25, 0.3) is 0 Å². The fraction of sp³-hybridized carbons (Fsp3) is 0.714. The molecule has 2 rings (SSSR count). The van der Waals surface area contributed by atoms with Crippen molar-refractivity contribution in [1.82, 2.24) is 15.3 Å². The minimum absolute atomic E-state index is 0.315. The lowest BCUT2D eigenvalue weighted by molar-refractivity contribution is 0.0250. The van der Waals surface area contributed by atoms with E-state index in [4.69, 9.17) is 4.74 Å². The molecule has 1 unspecified atom stereocenters. The summed E-state index contributed by atoms with van der Waals surface area (Å²) in [6, 6.07) is 0. The van der Waals surface area contributed by atoms with E-state index in [0.29, 0.717) is 6.10 Å². The molecule has 1 atom stereocenters. The van der Waals surface area contributed by atoms with Gasteiger partial charge in [-0.3, -0.25) is 0 Å². The number of ether oxygens (including phenoxy) is 1. The topological polar surface area (TPSA) is 50.3 Å². The summed E-state index contributed by atoms with van der Waals surface area (Å²) >= 11 is 0. The van der Waals surface area contributed by atoms with Crippen molar-refractivity contribution in [2.24, 2.45) is 0 Å². The van der Waals surface area contributed by atoms with E-state index in [2.05, 4.69) is 27.1 Å². The monoisotopic (exact) mass is 264 g/mol. The van der Waals surface area contributed by atoms with Crippen LogP contribution in [0.5, 0.6) is 0 Å². The number of morpholine rings is 1. The second kappa shape index (κ2) is 7.40. The van der Waals surface area contributed by atoms with Crippen LogP contribution in [0.15, 0.2) is 12.4 Å². The van der Waals surface area contributed by atoms with Gasteiger partial charge in [-0.05, 0) is 18.4 Å². The Morgan fingerprint density at radius 1 is 1.42 bits per heavy atom. The molecular weight excluding hydrogens is 240 g/mol. The van der Waals surface area contributed by atoms with E-state index in [0.717, 1.165) is 51.5 Å². The van der Waals surface area contributed by atoms with E-state index in [1.165, 1.54) is 5.56 Å². The summed E-state index contributed by atoms with van der Waals surface area (Å²) in [5.74, 6) is 0.795. The third-order valence-corrected chi connectivity index (χ3v) is 3.36. The second-order valence-electron chi connectivity index (χ2n) is 5.05. The number of aromatic nitrogens is 2. The van der Waals surface area contributed by atoms with Crippen LogP contribution < -0.4 is 10.2 Å². The largest absolute Gasteiger partial charge is 0.376 e. The van der Waals surface area contributed by atoms with Crippen molar-refractivity contribution >= 4 is 5.95 Å². The quantitative estimate of drug-likeness (QED) is 0.838. The Kier molecular flexibility index (Phi) is 5.54. The molecule has 0 aliphatic carbocycles. The molecule has 1 aromatic rings. The molecule has 0 amide bonds. The van der Waals surface area contributed by atoms with E-state index in [1.54, 1.807) is 0 Å². The summed E-state index contributed by atoms with van der Waals surface area (Å²) in [6.45, 7) is 5.81. The first-order valence-electron chi connectivity index (χ1n) is 7.14. The molecule has 1 aliphatic rings. The normalized spacial score (nSPS) is 19.4. The number of aryl methyl sites for hydroxylation is 1. The van der Waals surface area contributed by atoms with Gasteiger partial charge in [0.25, 0.3) is 0 Å². The van der Waals surface area contributed by atoms with Gasteiger partial charge in [0.15, 0.2) is 0 Å². The molecule has 2 heterocycles. The van der Waals surface area contributed by atoms with Gasteiger partial charge in [0, 0.05) is 39.1 Å². The first kappa shape index (κ1) is 14.2. The molecule has 0 radical (unpaired) electrons. The molecule has 5 heteroatoms. The molecule has 106 valence electrons. The van der Waals surface area contributed by atoms with Crippen LogP contribution in [-0.2, 0) is 11.2 Å². The van der Waals surface area contributed by atoms with Gasteiger partial charge in [-0.1, -0.05) is 13.3 Å². The molecule has 1 saturated heterocycles. The average Bonchev–Trinajstić information content (AvgIpc) is 2.47. The zero-order valence-electron chi connectivity index (χ0n) is 11.9. The van der Waals surface area contributed by atoms with Crippen molar-refractivity contribution in [2.45, 2.75) is 32.3 Å². The fourth-order valence-corrected chi connectivity index (χ4v) is 2.21. The van der Waals surface area contributed by atoms with Gasteiger partial charge in [-0.15, -0.1) is 0 Å². The number of nitrogens with one attached hydrogen (secondary N) is 1. The lowest BCUT2D eigenvalue weighted by atomic mass is 10.2. The first-order valence-corrected chi connectivity index (χ1v) is 7.14. The van der Waals surface area contributed by atoms with Crippen LogP contribution in [0, 0.1) is 0 Å². The van der Waals surface area contributed by atoms with Gasteiger partial charge in [-0.25, -0.2) is 9.97 Å². The maximum Gasteiger partial charge on any atom is 0.224 e.